The summed E-state index contributed by atoms with van der Waals surface area (Å²) in [6, 6.07) is 12.8. The number of nitrogens with one attached hydrogen (secondary N) is 1. The zero-order chi connectivity index (χ0) is 22.6. The van der Waals surface area contributed by atoms with Crippen LogP contribution < -0.4 is 18.9 Å². The van der Waals surface area contributed by atoms with Gasteiger partial charge < -0.3 is 14.2 Å². The third kappa shape index (κ3) is 5.65. The lowest BCUT2D eigenvalue weighted by atomic mass is 10.0. The molecule has 10 heteroatoms. The van der Waals surface area contributed by atoms with E-state index in [-0.39, 0.29) is 5.56 Å². The average molecular weight is 463 g/mol. The standard InChI is InChI=1S/C21H19ClN2O6S/c1-28-15-10-14(22)11-16(12-15)30-19-7-6-13(20(25)24-31(3,26)27)9-18(19)17-5-4-8-23-21(17)29-2/h4-12H,1-3H3,(H,24,25). The zero-order valence-corrected chi connectivity index (χ0v) is 18.5. The molecule has 0 atom stereocenters. The molecular formula is C21H19ClN2O6S. The van der Waals surface area contributed by atoms with Gasteiger partial charge in [0.25, 0.3) is 5.91 Å². The summed E-state index contributed by atoms with van der Waals surface area (Å²) < 4.78 is 41.4. The SMILES string of the molecule is COc1cc(Cl)cc(Oc2ccc(C(=O)NS(C)(=O)=O)cc2-c2cccnc2OC)c1. The van der Waals surface area contributed by atoms with Gasteiger partial charge in [0.2, 0.25) is 15.9 Å². The van der Waals surface area contributed by atoms with E-state index in [9.17, 15) is 13.2 Å². The van der Waals surface area contributed by atoms with Crippen LogP contribution in [0.5, 0.6) is 23.1 Å². The molecule has 1 N–H and O–H groups in total. The van der Waals surface area contributed by atoms with E-state index < -0.39 is 15.9 Å². The largest absolute Gasteiger partial charge is 0.497 e. The molecule has 0 fully saturated rings. The number of rotatable bonds is 7. The van der Waals surface area contributed by atoms with Crippen LogP contribution in [0, 0.1) is 0 Å². The van der Waals surface area contributed by atoms with Crippen LogP contribution in [0.4, 0.5) is 0 Å². The number of aromatic nitrogens is 1. The molecular weight excluding hydrogens is 444 g/mol. The highest BCUT2D eigenvalue weighted by molar-refractivity contribution is 7.89. The topological polar surface area (TPSA) is 104 Å². The van der Waals surface area contributed by atoms with E-state index in [0.717, 1.165) is 6.26 Å². The second-order valence-corrected chi connectivity index (χ2v) is 8.59. The molecule has 162 valence electrons. The molecule has 1 heterocycles. The van der Waals surface area contributed by atoms with Gasteiger partial charge in [0.1, 0.15) is 17.2 Å². The van der Waals surface area contributed by atoms with Crippen molar-refractivity contribution < 1.29 is 27.4 Å². The van der Waals surface area contributed by atoms with Crippen LogP contribution >= 0.6 is 11.6 Å². The van der Waals surface area contributed by atoms with Gasteiger partial charge in [-0.3, -0.25) is 4.79 Å². The first-order valence-corrected chi connectivity index (χ1v) is 11.1. The van der Waals surface area contributed by atoms with Gasteiger partial charge in [-0.25, -0.2) is 18.1 Å². The molecule has 0 bridgehead atoms. The van der Waals surface area contributed by atoms with Gasteiger partial charge in [0.15, 0.2) is 0 Å². The maximum atomic E-state index is 12.4. The van der Waals surface area contributed by atoms with Gasteiger partial charge in [0.05, 0.1) is 20.5 Å². The molecule has 3 aromatic rings. The van der Waals surface area contributed by atoms with Crippen molar-refractivity contribution in [3.63, 3.8) is 0 Å². The summed E-state index contributed by atoms with van der Waals surface area (Å²) in [4.78, 5) is 16.6. The summed E-state index contributed by atoms with van der Waals surface area (Å²) >= 11 is 6.13. The number of nitrogens with zero attached hydrogens (tertiary/aromatic N) is 1. The minimum atomic E-state index is -3.73. The minimum absolute atomic E-state index is 0.113. The van der Waals surface area contributed by atoms with Crippen LogP contribution in [-0.2, 0) is 10.0 Å². The van der Waals surface area contributed by atoms with Crippen molar-refractivity contribution in [1.29, 1.82) is 0 Å². The Morgan fingerprint density at radius 2 is 1.74 bits per heavy atom. The normalized spacial score (nSPS) is 11.0. The van der Waals surface area contributed by atoms with Crippen molar-refractivity contribution in [3.8, 4) is 34.3 Å². The van der Waals surface area contributed by atoms with Crippen LogP contribution in [-0.4, -0.2) is 39.8 Å². The molecule has 8 nitrogen and oxygen atoms in total. The van der Waals surface area contributed by atoms with Gasteiger partial charge in [-0.2, -0.15) is 0 Å². The lowest BCUT2D eigenvalue weighted by Crippen LogP contribution is -2.29. The molecule has 1 amide bonds. The van der Waals surface area contributed by atoms with Gasteiger partial charge >= 0.3 is 0 Å². The lowest BCUT2D eigenvalue weighted by molar-refractivity contribution is 0.0981. The van der Waals surface area contributed by atoms with E-state index >= 15 is 0 Å². The number of benzene rings is 2. The van der Waals surface area contributed by atoms with Gasteiger partial charge in [-0.15, -0.1) is 0 Å². The smallest absolute Gasteiger partial charge is 0.264 e. The number of pyridine rings is 1. The quantitative estimate of drug-likeness (QED) is 0.567. The number of hydrogen-bond acceptors (Lipinski definition) is 7. The van der Waals surface area contributed by atoms with E-state index in [4.69, 9.17) is 25.8 Å². The van der Waals surface area contributed by atoms with Crippen LogP contribution in [0.25, 0.3) is 11.1 Å². The van der Waals surface area contributed by atoms with Crippen molar-refractivity contribution in [3.05, 3.63) is 65.3 Å². The maximum absolute atomic E-state index is 12.4. The number of carbonyl (C=O) groups excluding carboxylic acids is 1. The van der Waals surface area contributed by atoms with Crippen molar-refractivity contribution in [1.82, 2.24) is 9.71 Å². The highest BCUT2D eigenvalue weighted by atomic mass is 35.5. The van der Waals surface area contributed by atoms with Crippen LogP contribution in [0.1, 0.15) is 10.4 Å². The number of carbonyl (C=O) groups is 1. The lowest BCUT2D eigenvalue weighted by Gasteiger charge is -2.15. The molecule has 0 unspecified atom stereocenters. The number of ether oxygens (including phenoxy) is 3. The Morgan fingerprint density at radius 3 is 2.42 bits per heavy atom. The summed E-state index contributed by atoms with van der Waals surface area (Å²) in [5.74, 6) is 0.805. The summed E-state index contributed by atoms with van der Waals surface area (Å²) in [7, 11) is -0.752. The Labute approximate surface area is 184 Å². The Bertz CT molecular complexity index is 1230. The number of amides is 1. The molecule has 0 aliphatic rings. The molecule has 0 aliphatic heterocycles. The second-order valence-electron chi connectivity index (χ2n) is 6.40. The molecule has 0 saturated carbocycles. The predicted octanol–water partition coefficient (Wildman–Crippen LogP) is 3.90. The summed E-state index contributed by atoms with van der Waals surface area (Å²) in [6.07, 6.45) is 2.46. The maximum Gasteiger partial charge on any atom is 0.264 e. The highest BCUT2D eigenvalue weighted by Gasteiger charge is 2.18. The van der Waals surface area contributed by atoms with E-state index in [2.05, 4.69) is 4.98 Å². The molecule has 2 aromatic carbocycles. The van der Waals surface area contributed by atoms with Crippen LogP contribution in [0.2, 0.25) is 5.02 Å². The Balaban J connectivity index is 2.12. The van der Waals surface area contributed by atoms with Crippen LogP contribution in [0.3, 0.4) is 0 Å². The first-order valence-electron chi connectivity index (χ1n) is 8.88. The fourth-order valence-corrected chi connectivity index (χ4v) is 3.47. The molecule has 0 radical (unpaired) electrons. The monoisotopic (exact) mass is 462 g/mol. The Hall–Kier alpha value is -3.30. The number of hydrogen-bond donors (Lipinski definition) is 1. The zero-order valence-electron chi connectivity index (χ0n) is 16.9. The number of sulfonamides is 1. The summed E-state index contributed by atoms with van der Waals surface area (Å²) in [5, 5.41) is 0.416. The average Bonchev–Trinajstić information content (AvgIpc) is 2.72. The van der Waals surface area contributed by atoms with E-state index in [1.807, 2.05) is 4.72 Å². The van der Waals surface area contributed by atoms with Gasteiger partial charge in [-0.05, 0) is 42.5 Å². The van der Waals surface area contributed by atoms with E-state index in [0.29, 0.717) is 39.3 Å². The third-order valence-corrected chi connectivity index (χ3v) is 4.86. The minimum Gasteiger partial charge on any atom is -0.497 e. The van der Waals surface area contributed by atoms with E-state index in [1.54, 1.807) is 42.6 Å². The number of halogens is 1. The van der Waals surface area contributed by atoms with Crippen molar-refractivity contribution in [2.45, 2.75) is 0 Å². The molecule has 0 saturated heterocycles. The fraction of sp³-hybridized carbons (Fsp3) is 0.143. The third-order valence-electron chi connectivity index (χ3n) is 4.08. The summed E-state index contributed by atoms with van der Waals surface area (Å²) in [5.41, 5.74) is 1.12. The fourth-order valence-electron chi connectivity index (χ4n) is 2.80. The summed E-state index contributed by atoms with van der Waals surface area (Å²) in [6.45, 7) is 0. The molecule has 0 aliphatic carbocycles. The predicted molar refractivity (Wildman–Crippen MR) is 117 cm³/mol. The molecule has 31 heavy (non-hydrogen) atoms. The molecule has 0 spiro atoms. The molecule has 3 rings (SSSR count). The Kier molecular flexibility index (Phi) is 6.67. The highest BCUT2D eigenvalue weighted by Crippen LogP contribution is 2.39. The van der Waals surface area contributed by atoms with Crippen molar-refractivity contribution in [2.24, 2.45) is 0 Å². The number of methoxy groups -OCH3 is 2. The van der Waals surface area contributed by atoms with E-state index in [1.165, 1.54) is 26.4 Å². The van der Waals surface area contributed by atoms with Crippen molar-refractivity contribution >= 4 is 27.5 Å². The van der Waals surface area contributed by atoms with Gasteiger partial charge in [0, 0.05) is 34.0 Å². The first kappa shape index (κ1) is 22.4. The Morgan fingerprint density at radius 1 is 1.00 bits per heavy atom. The van der Waals surface area contributed by atoms with Gasteiger partial charge in [-0.1, -0.05) is 11.6 Å². The second kappa shape index (κ2) is 9.23. The first-order chi connectivity index (χ1) is 14.7. The van der Waals surface area contributed by atoms with Crippen LogP contribution in [0.15, 0.2) is 54.7 Å². The van der Waals surface area contributed by atoms with Crippen molar-refractivity contribution in [2.75, 3.05) is 20.5 Å². The molecule has 1 aromatic heterocycles.